The van der Waals surface area contributed by atoms with E-state index < -0.39 is 0 Å². The van der Waals surface area contributed by atoms with Crippen LogP contribution in [-0.2, 0) is 4.79 Å². The molecule has 0 spiro atoms. The SMILES string of the molecule is CC(C)NN1CC2=C(c3cccnc31)C(C)NC(=O)C2. The van der Waals surface area contributed by atoms with E-state index in [2.05, 4.69) is 40.6 Å². The van der Waals surface area contributed by atoms with E-state index in [1.807, 2.05) is 19.2 Å². The summed E-state index contributed by atoms with van der Waals surface area (Å²) in [6.07, 6.45) is 2.29. The third-order valence-electron chi connectivity index (χ3n) is 3.66. The number of nitrogens with zero attached hydrogens (tertiary/aromatic N) is 2. The van der Waals surface area contributed by atoms with Gasteiger partial charge in [0.25, 0.3) is 0 Å². The largest absolute Gasteiger partial charge is 0.349 e. The Labute approximate surface area is 119 Å². The number of hydrogen-bond acceptors (Lipinski definition) is 4. The number of hydrogen-bond donors (Lipinski definition) is 2. The summed E-state index contributed by atoms with van der Waals surface area (Å²) in [5, 5.41) is 5.07. The first kappa shape index (κ1) is 13.1. The number of nitrogens with one attached hydrogen (secondary N) is 2. The lowest BCUT2D eigenvalue weighted by Crippen LogP contribution is -2.49. The van der Waals surface area contributed by atoms with E-state index in [9.17, 15) is 4.79 Å². The highest BCUT2D eigenvalue weighted by molar-refractivity contribution is 5.93. The van der Waals surface area contributed by atoms with E-state index in [0.717, 1.165) is 17.9 Å². The van der Waals surface area contributed by atoms with Gasteiger partial charge >= 0.3 is 0 Å². The molecule has 2 aliphatic heterocycles. The second-order valence-corrected chi connectivity index (χ2v) is 5.73. The Balaban J connectivity index is 2.07. The molecule has 3 rings (SSSR count). The van der Waals surface area contributed by atoms with E-state index in [1.165, 1.54) is 11.1 Å². The van der Waals surface area contributed by atoms with Crippen molar-refractivity contribution in [2.45, 2.75) is 39.3 Å². The minimum atomic E-state index is 0.0513. The average molecular weight is 272 g/mol. The third-order valence-corrected chi connectivity index (χ3v) is 3.66. The third kappa shape index (κ3) is 2.18. The number of hydrazine groups is 1. The zero-order valence-electron chi connectivity index (χ0n) is 12.1. The molecule has 0 saturated carbocycles. The van der Waals surface area contributed by atoms with Crippen LogP contribution in [0.1, 0.15) is 32.8 Å². The molecule has 0 saturated heterocycles. The van der Waals surface area contributed by atoms with Crippen molar-refractivity contribution in [2.75, 3.05) is 11.6 Å². The van der Waals surface area contributed by atoms with Gasteiger partial charge in [0, 0.05) is 17.8 Å². The lowest BCUT2D eigenvalue weighted by Gasteiger charge is -2.38. The zero-order valence-corrected chi connectivity index (χ0v) is 12.1. The van der Waals surface area contributed by atoms with Crippen LogP contribution in [0.3, 0.4) is 0 Å². The minimum Gasteiger partial charge on any atom is -0.349 e. The molecule has 0 aliphatic carbocycles. The van der Waals surface area contributed by atoms with Crippen LogP contribution < -0.4 is 15.8 Å². The number of fused-ring (bicyclic) bond motifs is 2. The number of pyridine rings is 1. The molecule has 0 aromatic carbocycles. The van der Waals surface area contributed by atoms with Crippen molar-refractivity contribution in [1.29, 1.82) is 0 Å². The summed E-state index contributed by atoms with van der Waals surface area (Å²) in [4.78, 5) is 16.3. The van der Waals surface area contributed by atoms with Crippen LogP contribution in [0.2, 0.25) is 0 Å². The van der Waals surface area contributed by atoms with Crippen LogP contribution in [0.15, 0.2) is 23.9 Å². The Kier molecular flexibility index (Phi) is 3.22. The molecule has 1 aromatic heterocycles. The topological polar surface area (TPSA) is 57.3 Å². The molecule has 2 N–H and O–H groups in total. The molecule has 3 heterocycles. The standard InChI is InChI=1S/C15H20N4O/c1-9(2)18-19-8-11-7-13(20)17-10(3)14(11)12-5-4-6-16-15(12)19/h4-6,9-10,18H,7-8H2,1-3H3,(H,17,20). The number of aromatic nitrogens is 1. The molecule has 2 aliphatic rings. The molecule has 0 fully saturated rings. The van der Waals surface area contributed by atoms with Crippen LogP contribution in [0.4, 0.5) is 5.82 Å². The van der Waals surface area contributed by atoms with Gasteiger partial charge in [-0.3, -0.25) is 9.80 Å². The predicted octanol–water partition coefficient (Wildman–Crippen LogP) is 1.48. The molecule has 5 heteroatoms. The summed E-state index contributed by atoms with van der Waals surface area (Å²) in [5.74, 6) is 1.05. The maximum atomic E-state index is 11.8. The highest BCUT2D eigenvalue weighted by Crippen LogP contribution is 2.37. The molecule has 1 amide bonds. The van der Waals surface area contributed by atoms with Gasteiger partial charge in [0.1, 0.15) is 0 Å². The summed E-state index contributed by atoms with van der Waals surface area (Å²) >= 11 is 0. The smallest absolute Gasteiger partial charge is 0.224 e. The van der Waals surface area contributed by atoms with Crippen molar-refractivity contribution < 1.29 is 4.79 Å². The summed E-state index contributed by atoms with van der Waals surface area (Å²) in [6.45, 7) is 6.95. The van der Waals surface area contributed by atoms with Crippen molar-refractivity contribution in [1.82, 2.24) is 15.7 Å². The summed E-state index contributed by atoms with van der Waals surface area (Å²) in [7, 11) is 0. The fourth-order valence-electron chi connectivity index (χ4n) is 3.03. The van der Waals surface area contributed by atoms with Gasteiger partial charge in [-0.05, 0) is 44.1 Å². The van der Waals surface area contributed by atoms with Crippen LogP contribution in [0.5, 0.6) is 0 Å². The van der Waals surface area contributed by atoms with E-state index in [4.69, 9.17) is 0 Å². The number of amides is 1. The van der Waals surface area contributed by atoms with Crippen LogP contribution >= 0.6 is 0 Å². The van der Waals surface area contributed by atoms with Gasteiger partial charge in [-0.25, -0.2) is 10.4 Å². The average Bonchev–Trinajstić information content (AvgIpc) is 2.37. The summed E-state index contributed by atoms with van der Waals surface area (Å²) < 4.78 is 0. The Morgan fingerprint density at radius 2 is 2.30 bits per heavy atom. The Hall–Kier alpha value is -1.88. The molecule has 0 radical (unpaired) electrons. The van der Waals surface area contributed by atoms with E-state index in [1.54, 1.807) is 0 Å². The fourth-order valence-corrected chi connectivity index (χ4v) is 3.03. The lowest BCUT2D eigenvalue weighted by molar-refractivity contribution is -0.121. The van der Waals surface area contributed by atoms with Gasteiger partial charge in [-0.2, -0.15) is 0 Å². The monoisotopic (exact) mass is 272 g/mol. The van der Waals surface area contributed by atoms with Crippen molar-refractivity contribution >= 4 is 17.3 Å². The number of anilines is 1. The molecule has 106 valence electrons. The van der Waals surface area contributed by atoms with Gasteiger partial charge in [0.05, 0.1) is 19.0 Å². The highest BCUT2D eigenvalue weighted by atomic mass is 16.1. The fraction of sp³-hybridized carbons (Fsp3) is 0.467. The first-order valence-corrected chi connectivity index (χ1v) is 7.06. The molecule has 5 nitrogen and oxygen atoms in total. The number of rotatable bonds is 2. The Bertz CT molecular complexity index is 579. The van der Waals surface area contributed by atoms with Gasteiger partial charge in [0.15, 0.2) is 5.82 Å². The molecule has 1 aromatic rings. The van der Waals surface area contributed by atoms with E-state index >= 15 is 0 Å². The van der Waals surface area contributed by atoms with E-state index in [0.29, 0.717) is 12.5 Å². The molecular formula is C15H20N4O. The van der Waals surface area contributed by atoms with Crippen molar-refractivity contribution in [2.24, 2.45) is 0 Å². The molecular weight excluding hydrogens is 252 g/mol. The maximum absolute atomic E-state index is 11.8. The Morgan fingerprint density at radius 1 is 1.50 bits per heavy atom. The lowest BCUT2D eigenvalue weighted by atomic mass is 9.87. The van der Waals surface area contributed by atoms with Gasteiger partial charge in [0.2, 0.25) is 5.91 Å². The summed E-state index contributed by atoms with van der Waals surface area (Å²) in [6, 6.07) is 4.41. The maximum Gasteiger partial charge on any atom is 0.224 e. The second kappa shape index (κ2) is 4.90. The van der Waals surface area contributed by atoms with Crippen molar-refractivity contribution in [3.63, 3.8) is 0 Å². The van der Waals surface area contributed by atoms with Gasteiger partial charge in [-0.1, -0.05) is 0 Å². The molecule has 1 atom stereocenters. The molecule has 1 unspecified atom stereocenters. The highest BCUT2D eigenvalue weighted by Gasteiger charge is 2.32. The predicted molar refractivity (Wildman–Crippen MR) is 79.0 cm³/mol. The molecule has 0 bridgehead atoms. The molecule has 20 heavy (non-hydrogen) atoms. The minimum absolute atomic E-state index is 0.0513. The van der Waals surface area contributed by atoms with E-state index in [-0.39, 0.29) is 11.9 Å². The quantitative estimate of drug-likeness (QED) is 0.856. The van der Waals surface area contributed by atoms with Crippen LogP contribution in [0, 0.1) is 0 Å². The zero-order chi connectivity index (χ0) is 14.3. The summed E-state index contributed by atoms with van der Waals surface area (Å²) in [5.41, 5.74) is 6.95. The second-order valence-electron chi connectivity index (χ2n) is 5.73. The number of carbonyl (C=O) groups excluding carboxylic acids is 1. The number of carbonyl (C=O) groups is 1. The van der Waals surface area contributed by atoms with Gasteiger partial charge in [-0.15, -0.1) is 0 Å². The Morgan fingerprint density at radius 3 is 3.05 bits per heavy atom. The van der Waals surface area contributed by atoms with Crippen molar-refractivity contribution in [3.8, 4) is 0 Å². The van der Waals surface area contributed by atoms with Crippen LogP contribution in [-0.4, -0.2) is 29.5 Å². The van der Waals surface area contributed by atoms with Crippen molar-refractivity contribution in [3.05, 3.63) is 29.5 Å². The van der Waals surface area contributed by atoms with Crippen LogP contribution in [0.25, 0.3) is 5.57 Å². The first-order chi connectivity index (χ1) is 9.56. The normalized spacial score (nSPS) is 21.7. The van der Waals surface area contributed by atoms with Gasteiger partial charge < -0.3 is 5.32 Å². The first-order valence-electron chi connectivity index (χ1n) is 7.06.